The molecule has 2 heterocycles. The van der Waals surface area contributed by atoms with Crippen LogP contribution in [0.3, 0.4) is 0 Å². The van der Waals surface area contributed by atoms with Crippen LogP contribution < -0.4 is 9.64 Å². The van der Waals surface area contributed by atoms with Gasteiger partial charge in [-0.1, -0.05) is 6.07 Å². The molecule has 0 bridgehead atoms. The maximum atomic E-state index is 12.6. The first kappa shape index (κ1) is 19.3. The van der Waals surface area contributed by atoms with E-state index in [1.165, 1.54) is 12.1 Å². The van der Waals surface area contributed by atoms with Gasteiger partial charge in [0.2, 0.25) is 5.91 Å². The van der Waals surface area contributed by atoms with Gasteiger partial charge in [0.15, 0.2) is 11.5 Å². The predicted molar refractivity (Wildman–Crippen MR) is 107 cm³/mol. The number of carbonyl (C=O) groups excluding carboxylic acids is 1. The lowest BCUT2D eigenvalue weighted by Gasteiger charge is -2.47. The van der Waals surface area contributed by atoms with Crippen LogP contribution in [0.1, 0.15) is 29.3 Å². The van der Waals surface area contributed by atoms with E-state index in [4.69, 9.17) is 9.84 Å². The Bertz CT molecular complexity index is 935. The summed E-state index contributed by atoms with van der Waals surface area (Å²) in [6, 6.07) is 11.9. The van der Waals surface area contributed by atoms with E-state index in [0.29, 0.717) is 25.3 Å². The zero-order valence-electron chi connectivity index (χ0n) is 16.3. The lowest BCUT2D eigenvalue weighted by Crippen LogP contribution is -2.56. The van der Waals surface area contributed by atoms with Crippen molar-refractivity contribution in [2.45, 2.75) is 19.9 Å². The van der Waals surface area contributed by atoms with E-state index in [9.17, 15) is 14.7 Å². The SMILES string of the molecule is CCOc1cc(CN2CC3(CC(=O)N(c4ccc(C(=O)O)cc4)C3)C2)ccc1O. The number of rotatable bonds is 6. The van der Waals surface area contributed by atoms with Crippen LogP contribution in [0.15, 0.2) is 42.5 Å². The summed E-state index contributed by atoms with van der Waals surface area (Å²) in [6.45, 7) is 5.41. The standard InChI is InChI=1S/C22H24N2O5/c1-2-29-19-9-15(3-8-18(19)25)11-23-12-22(13-23)10-20(26)24(14-22)17-6-4-16(5-7-17)21(27)28/h3-9,25H,2,10-14H2,1H3,(H,27,28). The highest BCUT2D eigenvalue weighted by molar-refractivity contribution is 5.97. The van der Waals surface area contributed by atoms with Gasteiger partial charge in [0.05, 0.1) is 12.2 Å². The van der Waals surface area contributed by atoms with Gasteiger partial charge in [0.25, 0.3) is 0 Å². The quantitative estimate of drug-likeness (QED) is 0.780. The number of nitrogens with zero attached hydrogens (tertiary/aromatic N) is 2. The molecule has 4 rings (SSSR count). The van der Waals surface area contributed by atoms with Gasteiger partial charge < -0.3 is 19.8 Å². The van der Waals surface area contributed by atoms with Crippen molar-refractivity contribution in [3.8, 4) is 11.5 Å². The van der Waals surface area contributed by atoms with Gasteiger partial charge in [-0.3, -0.25) is 9.69 Å². The summed E-state index contributed by atoms with van der Waals surface area (Å²) >= 11 is 0. The van der Waals surface area contributed by atoms with Crippen LogP contribution in [0, 0.1) is 5.41 Å². The molecular formula is C22H24N2O5. The number of anilines is 1. The van der Waals surface area contributed by atoms with Gasteiger partial charge in [0.1, 0.15) is 0 Å². The van der Waals surface area contributed by atoms with Crippen molar-refractivity contribution in [1.29, 1.82) is 0 Å². The minimum Gasteiger partial charge on any atom is -0.504 e. The molecule has 7 heteroatoms. The maximum Gasteiger partial charge on any atom is 0.335 e. The van der Waals surface area contributed by atoms with Crippen LogP contribution in [0.2, 0.25) is 0 Å². The number of ether oxygens (including phenoxy) is 1. The van der Waals surface area contributed by atoms with Crippen LogP contribution in [-0.2, 0) is 11.3 Å². The molecule has 0 unspecified atom stereocenters. The van der Waals surface area contributed by atoms with Crippen molar-refractivity contribution in [2.24, 2.45) is 5.41 Å². The van der Waals surface area contributed by atoms with E-state index in [2.05, 4.69) is 4.90 Å². The van der Waals surface area contributed by atoms with Gasteiger partial charge in [-0.25, -0.2) is 4.79 Å². The van der Waals surface area contributed by atoms with E-state index >= 15 is 0 Å². The molecule has 2 aromatic carbocycles. The Morgan fingerprint density at radius 2 is 1.86 bits per heavy atom. The maximum absolute atomic E-state index is 12.6. The molecule has 2 aromatic rings. The number of benzene rings is 2. The molecule has 152 valence electrons. The third-order valence-electron chi connectivity index (χ3n) is 5.60. The van der Waals surface area contributed by atoms with Crippen LogP contribution in [0.5, 0.6) is 11.5 Å². The molecule has 0 aromatic heterocycles. The number of aromatic carboxylic acids is 1. The summed E-state index contributed by atoms with van der Waals surface area (Å²) in [5, 5.41) is 18.9. The molecule has 2 saturated heterocycles. The molecule has 0 saturated carbocycles. The molecular weight excluding hydrogens is 372 g/mol. The zero-order valence-corrected chi connectivity index (χ0v) is 16.3. The second-order valence-electron chi connectivity index (χ2n) is 7.89. The summed E-state index contributed by atoms with van der Waals surface area (Å²) in [7, 11) is 0. The largest absolute Gasteiger partial charge is 0.504 e. The Morgan fingerprint density at radius 3 is 2.52 bits per heavy atom. The summed E-state index contributed by atoms with van der Waals surface area (Å²) in [6.07, 6.45) is 0.504. The van der Waals surface area contributed by atoms with E-state index in [-0.39, 0.29) is 22.6 Å². The second kappa shape index (κ2) is 7.40. The average Bonchev–Trinajstić information content (AvgIpc) is 3.02. The first-order chi connectivity index (χ1) is 13.9. The van der Waals surface area contributed by atoms with Gasteiger partial charge in [-0.2, -0.15) is 0 Å². The lowest BCUT2D eigenvalue weighted by atomic mass is 9.78. The fourth-order valence-electron chi connectivity index (χ4n) is 4.33. The molecule has 2 fully saturated rings. The third-order valence-corrected chi connectivity index (χ3v) is 5.60. The van der Waals surface area contributed by atoms with E-state index in [1.54, 1.807) is 23.1 Å². The highest BCUT2D eigenvalue weighted by Gasteiger charge is 2.51. The average molecular weight is 396 g/mol. The highest BCUT2D eigenvalue weighted by atomic mass is 16.5. The number of phenols is 1. The number of aromatic hydroxyl groups is 1. The molecule has 29 heavy (non-hydrogen) atoms. The van der Waals surface area contributed by atoms with Crippen molar-refractivity contribution >= 4 is 17.6 Å². The number of carboxylic acids is 1. The van der Waals surface area contributed by atoms with E-state index in [0.717, 1.165) is 30.9 Å². The Morgan fingerprint density at radius 1 is 1.14 bits per heavy atom. The number of phenolic OH excluding ortho intramolecular Hbond substituents is 1. The topological polar surface area (TPSA) is 90.3 Å². The molecule has 7 nitrogen and oxygen atoms in total. The molecule has 1 spiro atoms. The Hall–Kier alpha value is -3.06. The van der Waals surface area contributed by atoms with Gasteiger partial charge in [-0.15, -0.1) is 0 Å². The third kappa shape index (κ3) is 3.78. The van der Waals surface area contributed by atoms with Crippen LogP contribution in [-0.4, -0.2) is 53.2 Å². The summed E-state index contributed by atoms with van der Waals surface area (Å²) < 4.78 is 5.45. The second-order valence-corrected chi connectivity index (χ2v) is 7.89. The summed E-state index contributed by atoms with van der Waals surface area (Å²) in [5.74, 6) is -0.262. The number of hydrogen-bond acceptors (Lipinski definition) is 5. The number of carboxylic acid groups (broad SMARTS) is 1. The van der Waals surface area contributed by atoms with Crippen molar-refractivity contribution in [2.75, 3.05) is 31.1 Å². The molecule has 2 aliphatic heterocycles. The van der Waals surface area contributed by atoms with Gasteiger partial charge in [0, 0.05) is 43.7 Å². The normalized spacial score (nSPS) is 18.1. The number of hydrogen-bond donors (Lipinski definition) is 2. The first-order valence-electron chi connectivity index (χ1n) is 9.70. The van der Waals surface area contributed by atoms with Crippen molar-refractivity contribution in [3.05, 3.63) is 53.6 Å². The molecule has 2 aliphatic rings. The molecule has 1 amide bonds. The van der Waals surface area contributed by atoms with Gasteiger partial charge >= 0.3 is 5.97 Å². The van der Waals surface area contributed by atoms with Crippen LogP contribution >= 0.6 is 0 Å². The minimum absolute atomic E-state index is 0.0534. The fraction of sp³-hybridized carbons (Fsp3) is 0.364. The molecule has 0 atom stereocenters. The first-order valence-corrected chi connectivity index (χ1v) is 9.70. The molecule has 0 aliphatic carbocycles. The summed E-state index contributed by atoms with van der Waals surface area (Å²) in [4.78, 5) is 27.6. The monoisotopic (exact) mass is 396 g/mol. The number of amides is 1. The molecule has 0 radical (unpaired) electrons. The van der Waals surface area contributed by atoms with Gasteiger partial charge in [-0.05, 0) is 48.9 Å². The smallest absolute Gasteiger partial charge is 0.335 e. The molecule has 2 N–H and O–H groups in total. The predicted octanol–water partition coefficient (Wildman–Crippen LogP) is 2.73. The lowest BCUT2D eigenvalue weighted by molar-refractivity contribution is -0.119. The number of carbonyl (C=O) groups is 2. The van der Waals surface area contributed by atoms with E-state index < -0.39 is 5.97 Å². The Kier molecular flexibility index (Phi) is 4.92. The minimum atomic E-state index is -0.975. The number of likely N-dealkylation sites (tertiary alicyclic amines) is 1. The van der Waals surface area contributed by atoms with Crippen molar-refractivity contribution in [3.63, 3.8) is 0 Å². The van der Waals surface area contributed by atoms with Crippen LogP contribution in [0.4, 0.5) is 5.69 Å². The summed E-state index contributed by atoms with van der Waals surface area (Å²) in [5.41, 5.74) is 1.97. The van der Waals surface area contributed by atoms with Crippen molar-refractivity contribution < 1.29 is 24.5 Å². The van der Waals surface area contributed by atoms with Crippen molar-refractivity contribution in [1.82, 2.24) is 4.90 Å². The van der Waals surface area contributed by atoms with E-state index in [1.807, 2.05) is 19.1 Å². The Balaban J connectivity index is 1.38. The Labute approximate surface area is 169 Å². The zero-order chi connectivity index (χ0) is 20.6. The fourth-order valence-corrected chi connectivity index (χ4v) is 4.33. The highest BCUT2D eigenvalue weighted by Crippen LogP contribution is 2.42. The van der Waals surface area contributed by atoms with Crippen LogP contribution in [0.25, 0.3) is 0 Å².